The molecule has 20 heavy (non-hydrogen) atoms. The molecule has 1 aliphatic rings. The van der Waals surface area contributed by atoms with E-state index in [2.05, 4.69) is 9.88 Å². The van der Waals surface area contributed by atoms with Gasteiger partial charge in [-0.15, -0.1) is 0 Å². The van der Waals surface area contributed by atoms with E-state index in [1.807, 2.05) is 18.2 Å². The summed E-state index contributed by atoms with van der Waals surface area (Å²) in [6.07, 6.45) is 1.73. The summed E-state index contributed by atoms with van der Waals surface area (Å²) in [7, 11) is -3.69. The first-order chi connectivity index (χ1) is 9.47. The number of carboxylic acid groups (broad SMARTS) is 1. The molecule has 7 nitrogen and oxygen atoms in total. The molecule has 1 aromatic rings. The van der Waals surface area contributed by atoms with E-state index in [1.54, 1.807) is 6.20 Å². The van der Waals surface area contributed by atoms with E-state index in [0.717, 1.165) is 5.69 Å². The van der Waals surface area contributed by atoms with Gasteiger partial charge in [-0.25, -0.2) is 8.42 Å². The monoisotopic (exact) mass is 299 g/mol. The average molecular weight is 299 g/mol. The van der Waals surface area contributed by atoms with Gasteiger partial charge in [0.2, 0.25) is 10.0 Å². The maximum Gasteiger partial charge on any atom is 0.320 e. The SMILES string of the molecule is O=C(O)CS(=O)(=O)N1CCN(Cc2ccccn2)CC1. The molecule has 0 aromatic carbocycles. The Kier molecular flexibility index (Phi) is 4.69. The lowest BCUT2D eigenvalue weighted by atomic mass is 10.3. The van der Waals surface area contributed by atoms with Crippen LogP contribution in [0.4, 0.5) is 0 Å². The Bertz CT molecular complexity index is 553. The quantitative estimate of drug-likeness (QED) is 0.796. The molecule has 0 aliphatic carbocycles. The Morgan fingerprint density at radius 3 is 2.50 bits per heavy atom. The van der Waals surface area contributed by atoms with E-state index in [1.165, 1.54) is 4.31 Å². The predicted molar refractivity (Wildman–Crippen MR) is 72.5 cm³/mol. The van der Waals surface area contributed by atoms with Crippen molar-refractivity contribution in [3.8, 4) is 0 Å². The van der Waals surface area contributed by atoms with Crippen molar-refractivity contribution in [2.45, 2.75) is 6.54 Å². The van der Waals surface area contributed by atoms with E-state index in [9.17, 15) is 13.2 Å². The molecule has 2 rings (SSSR count). The van der Waals surface area contributed by atoms with Gasteiger partial charge >= 0.3 is 5.97 Å². The van der Waals surface area contributed by atoms with Crippen LogP contribution in [-0.4, -0.2) is 65.6 Å². The minimum atomic E-state index is -3.69. The predicted octanol–water partition coefficient (Wildman–Crippen LogP) is -0.386. The number of aliphatic carboxylic acids is 1. The highest BCUT2D eigenvalue weighted by Crippen LogP contribution is 2.10. The summed E-state index contributed by atoms with van der Waals surface area (Å²) >= 11 is 0. The summed E-state index contributed by atoms with van der Waals surface area (Å²) in [4.78, 5) is 16.9. The fraction of sp³-hybridized carbons (Fsp3) is 0.500. The number of sulfonamides is 1. The van der Waals surface area contributed by atoms with E-state index >= 15 is 0 Å². The van der Waals surface area contributed by atoms with Crippen LogP contribution in [0.3, 0.4) is 0 Å². The van der Waals surface area contributed by atoms with Gasteiger partial charge in [0.15, 0.2) is 5.75 Å². The third-order valence-electron chi connectivity index (χ3n) is 3.14. The lowest BCUT2D eigenvalue weighted by molar-refractivity contribution is -0.134. The van der Waals surface area contributed by atoms with Crippen molar-refractivity contribution in [3.63, 3.8) is 0 Å². The van der Waals surface area contributed by atoms with Crippen LogP contribution in [0, 0.1) is 0 Å². The van der Waals surface area contributed by atoms with Gasteiger partial charge in [-0.3, -0.25) is 14.7 Å². The Morgan fingerprint density at radius 2 is 1.95 bits per heavy atom. The van der Waals surface area contributed by atoms with Gasteiger partial charge in [-0.1, -0.05) is 6.07 Å². The molecule has 8 heteroatoms. The van der Waals surface area contributed by atoms with Gasteiger partial charge in [0, 0.05) is 38.9 Å². The largest absolute Gasteiger partial charge is 0.480 e. The number of carbonyl (C=O) groups is 1. The van der Waals surface area contributed by atoms with E-state index in [0.29, 0.717) is 32.7 Å². The standard InChI is InChI=1S/C12H17N3O4S/c16-12(17)10-20(18,19)15-7-5-14(6-8-15)9-11-3-1-2-4-13-11/h1-4H,5-10H2,(H,16,17). The van der Waals surface area contributed by atoms with Crippen LogP contribution in [0.5, 0.6) is 0 Å². The number of pyridine rings is 1. The Balaban J connectivity index is 1.88. The summed E-state index contributed by atoms with van der Waals surface area (Å²) in [5, 5.41) is 8.60. The van der Waals surface area contributed by atoms with Crippen molar-refractivity contribution >= 4 is 16.0 Å². The van der Waals surface area contributed by atoms with Gasteiger partial charge in [-0.2, -0.15) is 4.31 Å². The average Bonchev–Trinajstić information content (AvgIpc) is 2.39. The number of aromatic nitrogens is 1. The molecule has 1 N–H and O–H groups in total. The molecule has 0 spiro atoms. The zero-order valence-electron chi connectivity index (χ0n) is 11.0. The van der Waals surface area contributed by atoms with E-state index in [4.69, 9.17) is 5.11 Å². The fourth-order valence-corrected chi connectivity index (χ4v) is 3.35. The smallest absolute Gasteiger partial charge is 0.320 e. The van der Waals surface area contributed by atoms with Crippen LogP contribution in [-0.2, 0) is 21.4 Å². The van der Waals surface area contributed by atoms with Crippen molar-refractivity contribution in [1.29, 1.82) is 0 Å². The summed E-state index contributed by atoms with van der Waals surface area (Å²) in [5.74, 6) is -2.16. The summed E-state index contributed by atoms with van der Waals surface area (Å²) in [6, 6.07) is 5.68. The van der Waals surface area contributed by atoms with Crippen molar-refractivity contribution in [1.82, 2.24) is 14.2 Å². The molecule has 0 saturated carbocycles. The zero-order chi connectivity index (χ0) is 14.6. The number of rotatable bonds is 5. The van der Waals surface area contributed by atoms with Gasteiger partial charge in [0.25, 0.3) is 0 Å². The third-order valence-corrected chi connectivity index (χ3v) is 4.91. The molecule has 0 radical (unpaired) electrons. The van der Waals surface area contributed by atoms with Gasteiger partial charge in [0.05, 0.1) is 5.69 Å². The highest BCUT2D eigenvalue weighted by Gasteiger charge is 2.28. The fourth-order valence-electron chi connectivity index (χ4n) is 2.13. The minimum Gasteiger partial charge on any atom is -0.480 e. The molecular weight excluding hydrogens is 282 g/mol. The minimum absolute atomic E-state index is 0.322. The van der Waals surface area contributed by atoms with Crippen molar-refractivity contribution < 1.29 is 18.3 Å². The van der Waals surface area contributed by atoms with Gasteiger partial charge < -0.3 is 5.11 Å². The lowest BCUT2D eigenvalue weighted by Gasteiger charge is -2.33. The molecule has 1 saturated heterocycles. The highest BCUT2D eigenvalue weighted by molar-refractivity contribution is 7.89. The van der Waals surface area contributed by atoms with Crippen molar-refractivity contribution in [2.75, 3.05) is 31.9 Å². The van der Waals surface area contributed by atoms with Crippen LogP contribution in [0.25, 0.3) is 0 Å². The number of hydrogen-bond acceptors (Lipinski definition) is 5. The second-order valence-electron chi connectivity index (χ2n) is 4.65. The molecule has 110 valence electrons. The second-order valence-corrected chi connectivity index (χ2v) is 6.62. The number of hydrogen-bond donors (Lipinski definition) is 1. The van der Waals surface area contributed by atoms with Crippen molar-refractivity contribution in [2.24, 2.45) is 0 Å². The summed E-state index contributed by atoms with van der Waals surface area (Å²) < 4.78 is 24.8. The van der Waals surface area contributed by atoms with Crippen LogP contribution in [0.2, 0.25) is 0 Å². The van der Waals surface area contributed by atoms with Crippen LogP contribution >= 0.6 is 0 Å². The first-order valence-corrected chi connectivity index (χ1v) is 7.90. The van der Waals surface area contributed by atoms with Gasteiger partial charge in [0.1, 0.15) is 0 Å². The lowest BCUT2D eigenvalue weighted by Crippen LogP contribution is -2.49. The Labute approximate surface area is 117 Å². The van der Waals surface area contributed by atoms with Crippen LogP contribution < -0.4 is 0 Å². The highest BCUT2D eigenvalue weighted by atomic mass is 32.2. The first-order valence-electron chi connectivity index (χ1n) is 6.29. The maximum absolute atomic E-state index is 11.8. The number of carboxylic acids is 1. The molecule has 1 aliphatic heterocycles. The first kappa shape index (κ1) is 14.9. The summed E-state index contributed by atoms with van der Waals surface area (Å²) in [5.41, 5.74) is 0.939. The molecule has 0 unspecified atom stereocenters. The topological polar surface area (TPSA) is 90.8 Å². The Hall–Kier alpha value is -1.51. The summed E-state index contributed by atoms with van der Waals surface area (Å²) in [6.45, 7) is 2.48. The van der Waals surface area contributed by atoms with E-state index in [-0.39, 0.29) is 0 Å². The molecule has 0 bridgehead atoms. The Morgan fingerprint density at radius 1 is 1.25 bits per heavy atom. The van der Waals surface area contributed by atoms with Crippen LogP contribution in [0.15, 0.2) is 24.4 Å². The zero-order valence-corrected chi connectivity index (χ0v) is 11.8. The molecule has 1 aromatic heterocycles. The normalized spacial score (nSPS) is 18.0. The molecule has 0 amide bonds. The van der Waals surface area contributed by atoms with E-state index < -0.39 is 21.7 Å². The number of nitrogens with zero attached hydrogens (tertiary/aromatic N) is 3. The second kappa shape index (κ2) is 6.29. The maximum atomic E-state index is 11.8. The van der Waals surface area contributed by atoms with Crippen molar-refractivity contribution in [3.05, 3.63) is 30.1 Å². The van der Waals surface area contributed by atoms with Crippen LogP contribution in [0.1, 0.15) is 5.69 Å². The van der Waals surface area contributed by atoms with Gasteiger partial charge in [-0.05, 0) is 12.1 Å². The third kappa shape index (κ3) is 3.99. The molecule has 1 fully saturated rings. The molecular formula is C12H17N3O4S. The number of piperazine rings is 1. The molecule has 0 atom stereocenters. The molecule has 2 heterocycles.